The Morgan fingerprint density at radius 3 is 2.59 bits per heavy atom. The molecule has 216 valence electrons. The number of likely N-dealkylation sites (N-methyl/N-ethyl adjacent to an activating group) is 1. The van der Waals surface area contributed by atoms with Crippen LogP contribution in [0.25, 0.3) is 0 Å². The number of aliphatic hydroxyl groups is 1. The highest BCUT2D eigenvalue weighted by Crippen LogP contribution is 2.33. The number of anilines is 1. The van der Waals surface area contributed by atoms with Gasteiger partial charge in [-0.1, -0.05) is 43.3 Å². The summed E-state index contributed by atoms with van der Waals surface area (Å²) < 4.78 is 17.5. The van der Waals surface area contributed by atoms with Crippen LogP contribution in [0.5, 0.6) is 17.2 Å². The Kier molecular flexibility index (Phi) is 8.75. The highest BCUT2D eigenvalue weighted by molar-refractivity contribution is 6.00. The average molecular weight is 560 g/mol. The van der Waals surface area contributed by atoms with Crippen molar-refractivity contribution >= 4 is 17.5 Å². The molecule has 2 aliphatic rings. The van der Waals surface area contributed by atoms with Gasteiger partial charge in [0.25, 0.3) is 5.91 Å². The van der Waals surface area contributed by atoms with Gasteiger partial charge in [0.1, 0.15) is 11.9 Å². The molecular weight excluding hydrogens is 522 g/mol. The van der Waals surface area contributed by atoms with Crippen molar-refractivity contribution in [1.29, 1.82) is 0 Å². The first-order valence-corrected chi connectivity index (χ1v) is 13.9. The molecule has 0 saturated heterocycles. The lowest BCUT2D eigenvalue weighted by molar-refractivity contribution is -0.115. The van der Waals surface area contributed by atoms with Crippen molar-refractivity contribution in [2.75, 3.05) is 38.9 Å². The van der Waals surface area contributed by atoms with E-state index in [2.05, 4.69) is 17.1 Å². The van der Waals surface area contributed by atoms with E-state index < -0.39 is 0 Å². The van der Waals surface area contributed by atoms with E-state index >= 15 is 0 Å². The van der Waals surface area contributed by atoms with E-state index in [1.807, 2.05) is 62.5 Å². The fourth-order valence-corrected chi connectivity index (χ4v) is 5.23. The summed E-state index contributed by atoms with van der Waals surface area (Å²) in [4.78, 5) is 30.3. The average Bonchev–Trinajstić information content (AvgIpc) is 3.43. The quantitative estimate of drug-likeness (QED) is 0.410. The summed E-state index contributed by atoms with van der Waals surface area (Å²) in [6, 6.07) is 20.2. The Morgan fingerprint density at radius 2 is 1.80 bits per heavy atom. The van der Waals surface area contributed by atoms with Crippen LogP contribution < -0.4 is 19.5 Å². The Labute approximate surface area is 240 Å². The zero-order valence-corrected chi connectivity index (χ0v) is 23.7. The lowest BCUT2D eigenvalue weighted by Gasteiger charge is -2.38. The van der Waals surface area contributed by atoms with E-state index in [4.69, 9.17) is 14.2 Å². The smallest absolute Gasteiger partial charge is 0.258 e. The Balaban J connectivity index is 1.35. The molecule has 9 nitrogen and oxygen atoms in total. The van der Waals surface area contributed by atoms with Gasteiger partial charge in [-0.05, 0) is 55.4 Å². The molecule has 0 spiro atoms. The van der Waals surface area contributed by atoms with Crippen LogP contribution in [-0.4, -0.2) is 72.4 Å². The van der Waals surface area contributed by atoms with Crippen LogP contribution in [0.3, 0.4) is 0 Å². The molecule has 0 aliphatic carbocycles. The molecule has 0 unspecified atom stereocenters. The molecule has 0 bridgehead atoms. The van der Waals surface area contributed by atoms with E-state index in [9.17, 15) is 14.7 Å². The second-order valence-corrected chi connectivity index (χ2v) is 10.9. The SMILES string of the molecule is C[C@@H]1CN([C@@H](C)CO)C(=O)c2cc(NC(=O)Cc3ccccc3)ccc2O[C@@H]1CN(C)Cc1ccc2c(c1)OCO2. The third kappa shape index (κ3) is 6.81. The van der Waals surface area contributed by atoms with Gasteiger partial charge in [0.05, 0.1) is 24.6 Å². The number of amides is 2. The van der Waals surface area contributed by atoms with Crippen molar-refractivity contribution in [2.24, 2.45) is 5.92 Å². The Morgan fingerprint density at radius 1 is 1.05 bits per heavy atom. The van der Waals surface area contributed by atoms with Gasteiger partial charge in [0.2, 0.25) is 12.7 Å². The van der Waals surface area contributed by atoms with Crippen molar-refractivity contribution in [3.05, 3.63) is 83.4 Å². The number of hydrogen-bond donors (Lipinski definition) is 2. The number of carbonyl (C=O) groups is 2. The van der Waals surface area contributed by atoms with Crippen molar-refractivity contribution in [1.82, 2.24) is 9.80 Å². The number of fused-ring (bicyclic) bond motifs is 2. The first-order chi connectivity index (χ1) is 19.8. The fourth-order valence-electron chi connectivity index (χ4n) is 5.23. The van der Waals surface area contributed by atoms with Gasteiger partial charge in [0, 0.05) is 31.2 Å². The minimum absolute atomic E-state index is 0.00874. The number of carbonyl (C=O) groups excluding carboxylic acids is 2. The summed E-state index contributed by atoms with van der Waals surface area (Å²) in [5.74, 6) is 1.54. The first kappa shape index (κ1) is 28.4. The molecule has 2 amide bonds. The Bertz CT molecular complexity index is 1380. The highest BCUT2D eigenvalue weighted by Gasteiger charge is 2.33. The zero-order valence-electron chi connectivity index (χ0n) is 23.7. The van der Waals surface area contributed by atoms with Gasteiger partial charge in [0.15, 0.2) is 11.5 Å². The topological polar surface area (TPSA) is 101 Å². The predicted molar refractivity (Wildman–Crippen MR) is 155 cm³/mol. The number of rotatable bonds is 9. The van der Waals surface area contributed by atoms with Crippen LogP contribution in [-0.2, 0) is 17.8 Å². The maximum atomic E-state index is 13.7. The van der Waals surface area contributed by atoms with Crippen LogP contribution in [0, 0.1) is 5.92 Å². The van der Waals surface area contributed by atoms with Crippen molar-refractivity contribution in [3.63, 3.8) is 0 Å². The maximum absolute atomic E-state index is 13.7. The predicted octanol–water partition coefficient (Wildman–Crippen LogP) is 3.95. The normalized spacial score (nSPS) is 18.8. The second-order valence-electron chi connectivity index (χ2n) is 10.9. The molecule has 2 N–H and O–H groups in total. The van der Waals surface area contributed by atoms with Crippen LogP contribution >= 0.6 is 0 Å². The lowest BCUT2D eigenvalue weighted by Crippen LogP contribution is -2.49. The number of ether oxygens (including phenoxy) is 3. The van der Waals surface area contributed by atoms with Crippen LogP contribution in [0.2, 0.25) is 0 Å². The summed E-state index contributed by atoms with van der Waals surface area (Å²) in [5, 5.41) is 12.9. The largest absolute Gasteiger partial charge is 0.488 e. The summed E-state index contributed by atoms with van der Waals surface area (Å²) in [7, 11) is 2.03. The minimum atomic E-state index is -0.376. The minimum Gasteiger partial charge on any atom is -0.488 e. The molecule has 3 atom stereocenters. The van der Waals surface area contributed by atoms with Crippen LogP contribution in [0.4, 0.5) is 5.69 Å². The van der Waals surface area contributed by atoms with E-state index in [1.165, 1.54) is 0 Å². The summed E-state index contributed by atoms with van der Waals surface area (Å²) in [6.07, 6.45) is -0.00140. The summed E-state index contributed by atoms with van der Waals surface area (Å²) in [5.41, 5.74) is 2.87. The third-order valence-corrected chi connectivity index (χ3v) is 7.54. The molecule has 41 heavy (non-hydrogen) atoms. The zero-order chi connectivity index (χ0) is 28.9. The highest BCUT2D eigenvalue weighted by atomic mass is 16.7. The monoisotopic (exact) mass is 559 g/mol. The second kappa shape index (κ2) is 12.6. The Hall–Kier alpha value is -4.08. The van der Waals surface area contributed by atoms with E-state index in [-0.39, 0.29) is 49.7 Å². The molecular formula is C32H37N3O6. The molecule has 2 heterocycles. The van der Waals surface area contributed by atoms with Gasteiger partial charge in [-0.3, -0.25) is 14.5 Å². The van der Waals surface area contributed by atoms with Gasteiger partial charge in [-0.25, -0.2) is 0 Å². The van der Waals surface area contributed by atoms with Crippen LogP contribution in [0.15, 0.2) is 66.7 Å². The molecule has 5 rings (SSSR count). The van der Waals surface area contributed by atoms with E-state index in [0.717, 1.165) is 22.6 Å². The number of nitrogens with one attached hydrogen (secondary N) is 1. The van der Waals surface area contributed by atoms with Crippen molar-refractivity contribution in [2.45, 2.75) is 39.0 Å². The fraction of sp³-hybridized carbons (Fsp3) is 0.375. The maximum Gasteiger partial charge on any atom is 0.258 e. The van der Waals surface area contributed by atoms with Crippen molar-refractivity contribution < 1.29 is 28.9 Å². The van der Waals surface area contributed by atoms with E-state index in [1.54, 1.807) is 23.1 Å². The van der Waals surface area contributed by atoms with Gasteiger partial charge in [-0.2, -0.15) is 0 Å². The van der Waals surface area contributed by atoms with Gasteiger partial charge in [-0.15, -0.1) is 0 Å². The molecule has 3 aromatic carbocycles. The van der Waals surface area contributed by atoms with E-state index in [0.29, 0.717) is 36.6 Å². The molecule has 0 aromatic heterocycles. The molecule has 9 heteroatoms. The van der Waals surface area contributed by atoms with Crippen molar-refractivity contribution in [3.8, 4) is 17.2 Å². The summed E-state index contributed by atoms with van der Waals surface area (Å²) in [6.45, 7) is 5.69. The molecule has 0 radical (unpaired) electrons. The number of aliphatic hydroxyl groups excluding tert-OH is 1. The molecule has 3 aromatic rings. The first-order valence-electron chi connectivity index (χ1n) is 13.9. The number of benzene rings is 3. The summed E-state index contributed by atoms with van der Waals surface area (Å²) >= 11 is 0. The molecule has 0 saturated carbocycles. The standard InChI is InChI=1S/C32H37N3O6/c1-21-16-35(22(2)19-36)32(38)26-15-25(33-31(37)14-23-7-5-4-6-8-23)10-12-27(26)41-30(21)18-34(3)17-24-9-11-28-29(13-24)40-20-39-28/h4-13,15,21-22,30,36H,14,16-20H2,1-3H3,(H,33,37)/t21-,22+,30-/m1/s1. The number of nitrogens with zero attached hydrogens (tertiary/aromatic N) is 2. The molecule has 2 aliphatic heterocycles. The number of hydrogen-bond acceptors (Lipinski definition) is 7. The third-order valence-electron chi connectivity index (χ3n) is 7.54. The van der Waals surface area contributed by atoms with Gasteiger partial charge >= 0.3 is 0 Å². The lowest BCUT2D eigenvalue weighted by atomic mass is 9.99. The van der Waals surface area contributed by atoms with Gasteiger partial charge < -0.3 is 29.5 Å². The van der Waals surface area contributed by atoms with Crippen LogP contribution in [0.1, 0.15) is 35.3 Å². The molecule has 0 fully saturated rings.